The highest BCUT2D eigenvalue weighted by atomic mass is 35.5. The van der Waals surface area contributed by atoms with Gasteiger partial charge in [0.25, 0.3) is 5.91 Å². The first kappa shape index (κ1) is 18.0. The molecule has 0 atom stereocenters. The summed E-state index contributed by atoms with van der Waals surface area (Å²) < 4.78 is 11.6. The van der Waals surface area contributed by atoms with Crippen molar-refractivity contribution in [1.29, 1.82) is 0 Å². The number of hydrogen-bond acceptors (Lipinski definition) is 4. The van der Waals surface area contributed by atoms with Crippen LogP contribution in [-0.2, 0) is 4.74 Å². The maximum Gasteiger partial charge on any atom is 0.267 e. The topological polar surface area (TPSA) is 47.6 Å². The Morgan fingerprint density at radius 3 is 2.72 bits per heavy atom. The molecule has 1 amide bonds. The van der Waals surface area contributed by atoms with Gasteiger partial charge >= 0.3 is 0 Å². The molecule has 0 spiro atoms. The SMILES string of the molecule is COCCOc1ccc(Cl)cc1NC(=O)c1sc2ccccc2c1Cl. The van der Waals surface area contributed by atoms with Gasteiger partial charge in [0.1, 0.15) is 17.2 Å². The maximum absolute atomic E-state index is 12.7. The van der Waals surface area contributed by atoms with Crippen LogP contribution in [0.3, 0.4) is 0 Å². The highest BCUT2D eigenvalue weighted by molar-refractivity contribution is 7.21. The molecule has 0 unspecified atom stereocenters. The molecule has 0 aliphatic carbocycles. The van der Waals surface area contributed by atoms with E-state index in [1.807, 2.05) is 24.3 Å². The van der Waals surface area contributed by atoms with Crippen LogP contribution < -0.4 is 10.1 Å². The number of ether oxygens (including phenoxy) is 2. The molecule has 1 aromatic heterocycles. The number of carbonyl (C=O) groups is 1. The summed E-state index contributed by atoms with van der Waals surface area (Å²) in [5.41, 5.74) is 0.488. The lowest BCUT2D eigenvalue weighted by Gasteiger charge is -2.12. The minimum absolute atomic E-state index is 0.301. The second-order valence-corrected chi connectivity index (χ2v) is 7.04. The Bertz CT molecular complexity index is 910. The fourth-order valence-electron chi connectivity index (χ4n) is 2.30. The number of methoxy groups -OCH3 is 1. The van der Waals surface area contributed by atoms with Crippen molar-refractivity contribution in [3.8, 4) is 5.75 Å². The zero-order valence-electron chi connectivity index (χ0n) is 13.3. The number of thiophene rings is 1. The Balaban J connectivity index is 1.86. The van der Waals surface area contributed by atoms with Gasteiger partial charge < -0.3 is 14.8 Å². The van der Waals surface area contributed by atoms with Crippen molar-refractivity contribution in [2.75, 3.05) is 25.6 Å². The van der Waals surface area contributed by atoms with E-state index in [1.165, 1.54) is 11.3 Å². The summed E-state index contributed by atoms with van der Waals surface area (Å²) in [7, 11) is 1.59. The van der Waals surface area contributed by atoms with Gasteiger partial charge in [0.05, 0.1) is 17.3 Å². The molecule has 0 fully saturated rings. The number of fused-ring (bicyclic) bond motifs is 1. The van der Waals surface area contributed by atoms with E-state index in [1.54, 1.807) is 25.3 Å². The highest BCUT2D eigenvalue weighted by Crippen LogP contribution is 2.36. The van der Waals surface area contributed by atoms with Crippen molar-refractivity contribution in [3.63, 3.8) is 0 Å². The van der Waals surface area contributed by atoms with Crippen LogP contribution in [0.1, 0.15) is 9.67 Å². The second-order valence-electron chi connectivity index (χ2n) is 5.18. The molecule has 0 aliphatic heterocycles. The summed E-state index contributed by atoms with van der Waals surface area (Å²) in [6.07, 6.45) is 0. The first-order valence-electron chi connectivity index (χ1n) is 7.50. The molecular formula is C18H15Cl2NO3S. The Kier molecular flexibility index (Phi) is 5.81. The molecule has 0 saturated carbocycles. The van der Waals surface area contributed by atoms with Crippen molar-refractivity contribution in [3.05, 3.63) is 57.4 Å². The normalized spacial score (nSPS) is 10.8. The van der Waals surface area contributed by atoms with Crippen molar-refractivity contribution in [2.45, 2.75) is 0 Å². The molecule has 2 aromatic carbocycles. The zero-order chi connectivity index (χ0) is 17.8. The Hall–Kier alpha value is -1.79. The third kappa shape index (κ3) is 4.07. The number of rotatable bonds is 6. The molecule has 7 heteroatoms. The third-order valence-electron chi connectivity index (χ3n) is 3.48. The van der Waals surface area contributed by atoms with Crippen LogP contribution in [0.25, 0.3) is 10.1 Å². The number of carbonyl (C=O) groups excluding carboxylic acids is 1. The summed E-state index contributed by atoms with van der Waals surface area (Å²) in [4.78, 5) is 13.1. The van der Waals surface area contributed by atoms with E-state index >= 15 is 0 Å². The molecule has 0 bridgehead atoms. The van der Waals surface area contributed by atoms with Gasteiger partial charge in [-0.05, 0) is 24.3 Å². The van der Waals surface area contributed by atoms with E-state index in [0.717, 1.165) is 10.1 Å². The van der Waals surface area contributed by atoms with Gasteiger partial charge in [-0.15, -0.1) is 11.3 Å². The average Bonchev–Trinajstić information content (AvgIpc) is 2.94. The van der Waals surface area contributed by atoms with Crippen molar-refractivity contribution >= 4 is 56.2 Å². The van der Waals surface area contributed by atoms with Crippen LogP contribution in [0.2, 0.25) is 10.0 Å². The van der Waals surface area contributed by atoms with Gasteiger partial charge in [0.15, 0.2) is 0 Å². The quantitative estimate of drug-likeness (QED) is 0.561. The molecule has 0 radical (unpaired) electrons. The predicted octanol–water partition coefficient (Wildman–Crippen LogP) is 5.49. The van der Waals surface area contributed by atoms with Crippen molar-refractivity contribution < 1.29 is 14.3 Å². The molecule has 1 N–H and O–H groups in total. The minimum Gasteiger partial charge on any atom is -0.489 e. The molecule has 3 rings (SSSR count). The molecule has 0 aliphatic rings. The van der Waals surface area contributed by atoms with Gasteiger partial charge in [-0.25, -0.2) is 0 Å². The van der Waals surface area contributed by atoms with Gasteiger partial charge in [-0.3, -0.25) is 4.79 Å². The van der Waals surface area contributed by atoms with E-state index in [4.69, 9.17) is 32.7 Å². The number of amides is 1. The van der Waals surface area contributed by atoms with Gasteiger partial charge in [0.2, 0.25) is 0 Å². The summed E-state index contributed by atoms with van der Waals surface area (Å²) in [5.74, 6) is 0.220. The lowest BCUT2D eigenvalue weighted by Crippen LogP contribution is -2.13. The third-order valence-corrected chi connectivity index (χ3v) is 5.39. The fourth-order valence-corrected chi connectivity index (χ4v) is 3.88. The number of anilines is 1. The summed E-state index contributed by atoms with van der Waals surface area (Å²) in [6.45, 7) is 0.808. The monoisotopic (exact) mass is 395 g/mol. The molecular weight excluding hydrogens is 381 g/mol. The summed E-state index contributed by atoms with van der Waals surface area (Å²) in [6, 6.07) is 12.7. The van der Waals surface area contributed by atoms with Gasteiger partial charge in [-0.1, -0.05) is 41.4 Å². The van der Waals surface area contributed by atoms with Gasteiger partial charge in [-0.2, -0.15) is 0 Å². The number of hydrogen-bond donors (Lipinski definition) is 1. The number of halogens is 2. The number of benzene rings is 2. The molecule has 0 saturated heterocycles. The largest absolute Gasteiger partial charge is 0.489 e. The predicted molar refractivity (Wildman–Crippen MR) is 104 cm³/mol. The van der Waals surface area contributed by atoms with Crippen molar-refractivity contribution in [2.24, 2.45) is 0 Å². The van der Waals surface area contributed by atoms with E-state index in [2.05, 4.69) is 5.32 Å². The summed E-state index contributed by atoms with van der Waals surface area (Å²) >= 11 is 13.8. The lowest BCUT2D eigenvalue weighted by atomic mass is 10.2. The molecule has 25 heavy (non-hydrogen) atoms. The van der Waals surface area contributed by atoms with Gasteiger partial charge in [0, 0.05) is 22.2 Å². The van der Waals surface area contributed by atoms with E-state index < -0.39 is 0 Å². The average molecular weight is 396 g/mol. The fraction of sp³-hybridized carbons (Fsp3) is 0.167. The van der Waals surface area contributed by atoms with E-state index in [-0.39, 0.29) is 5.91 Å². The first-order valence-corrected chi connectivity index (χ1v) is 9.07. The molecule has 3 aromatic rings. The molecule has 1 heterocycles. The molecule has 130 valence electrons. The molecule has 4 nitrogen and oxygen atoms in total. The van der Waals surface area contributed by atoms with Crippen LogP contribution in [0, 0.1) is 0 Å². The summed E-state index contributed by atoms with van der Waals surface area (Å²) in [5, 5.41) is 4.64. The smallest absolute Gasteiger partial charge is 0.267 e. The van der Waals surface area contributed by atoms with Crippen LogP contribution in [-0.4, -0.2) is 26.2 Å². The first-order chi connectivity index (χ1) is 12.1. The Morgan fingerprint density at radius 1 is 1.16 bits per heavy atom. The Morgan fingerprint density at radius 2 is 1.96 bits per heavy atom. The van der Waals surface area contributed by atoms with Crippen LogP contribution in [0.5, 0.6) is 5.75 Å². The van der Waals surface area contributed by atoms with E-state index in [9.17, 15) is 4.79 Å². The standard InChI is InChI=1S/C18H15Cl2NO3S/c1-23-8-9-24-14-7-6-11(19)10-13(14)21-18(22)17-16(20)12-4-2-3-5-15(12)25-17/h2-7,10H,8-9H2,1H3,(H,21,22). The van der Waals surface area contributed by atoms with Crippen LogP contribution >= 0.6 is 34.5 Å². The van der Waals surface area contributed by atoms with Crippen LogP contribution in [0.15, 0.2) is 42.5 Å². The minimum atomic E-state index is -0.301. The maximum atomic E-state index is 12.7. The second kappa shape index (κ2) is 8.06. The highest BCUT2D eigenvalue weighted by Gasteiger charge is 2.18. The lowest BCUT2D eigenvalue weighted by molar-refractivity contribution is 0.103. The van der Waals surface area contributed by atoms with Crippen molar-refractivity contribution in [1.82, 2.24) is 0 Å². The van der Waals surface area contributed by atoms with Crippen LogP contribution in [0.4, 0.5) is 5.69 Å². The van der Waals surface area contributed by atoms with E-state index in [0.29, 0.717) is 39.6 Å². The zero-order valence-corrected chi connectivity index (χ0v) is 15.7. The Labute approximate surface area is 159 Å². The number of nitrogens with one attached hydrogen (secondary N) is 1.